The maximum atomic E-state index is 13.4. The van der Waals surface area contributed by atoms with Gasteiger partial charge in [0.15, 0.2) is 6.61 Å². The number of carbonyl (C=O) groups excluding carboxylic acids is 2. The van der Waals surface area contributed by atoms with Gasteiger partial charge in [0.05, 0.1) is 4.47 Å². The van der Waals surface area contributed by atoms with Crippen LogP contribution in [0.5, 0.6) is 5.75 Å². The summed E-state index contributed by atoms with van der Waals surface area (Å²) in [5.74, 6) is 0.211. The number of ether oxygens (including phenoxy) is 1. The summed E-state index contributed by atoms with van der Waals surface area (Å²) in [6, 6.07) is 19.1. The molecule has 1 atom stereocenters. The second-order valence-corrected chi connectivity index (χ2v) is 9.22. The van der Waals surface area contributed by atoms with Gasteiger partial charge in [0, 0.05) is 12.6 Å². The van der Waals surface area contributed by atoms with Gasteiger partial charge in [0.25, 0.3) is 5.91 Å². The van der Waals surface area contributed by atoms with Crippen molar-refractivity contribution in [2.75, 3.05) is 6.61 Å². The smallest absolute Gasteiger partial charge is 0.261 e. The van der Waals surface area contributed by atoms with Crippen molar-refractivity contribution >= 4 is 38.5 Å². The molecular formula is C27H31BrN2O3. The molecule has 0 heterocycles. The van der Waals surface area contributed by atoms with Crippen LogP contribution in [0.4, 0.5) is 0 Å². The first-order valence-corrected chi connectivity index (χ1v) is 12.1. The van der Waals surface area contributed by atoms with E-state index in [1.54, 1.807) is 4.90 Å². The van der Waals surface area contributed by atoms with E-state index in [1.165, 1.54) is 0 Å². The minimum atomic E-state index is -0.580. The lowest BCUT2D eigenvalue weighted by Gasteiger charge is -2.31. The van der Waals surface area contributed by atoms with E-state index in [2.05, 4.69) is 21.2 Å². The normalized spacial score (nSPS) is 11.9. The van der Waals surface area contributed by atoms with Crippen LogP contribution in [0.15, 0.2) is 65.1 Å². The molecular weight excluding hydrogens is 480 g/mol. The number of benzene rings is 3. The Morgan fingerprint density at radius 2 is 1.73 bits per heavy atom. The zero-order chi connectivity index (χ0) is 24.0. The lowest BCUT2D eigenvalue weighted by molar-refractivity contribution is -0.143. The minimum Gasteiger partial charge on any atom is -0.483 e. The first-order valence-electron chi connectivity index (χ1n) is 11.3. The number of nitrogens with zero attached hydrogens (tertiary/aromatic N) is 1. The average Bonchev–Trinajstić information content (AvgIpc) is 2.79. The zero-order valence-electron chi connectivity index (χ0n) is 19.6. The van der Waals surface area contributed by atoms with Gasteiger partial charge in [-0.1, -0.05) is 61.5 Å². The summed E-state index contributed by atoms with van der Waals surface area (Å²) in [6.07, 6.45) is 0.510. The van der Waals surface area contributed by atoms with Crippen molar-refractivity contribution in [1.82, 2.24) is 10.2 Å². The van der Waals surface area contributed by atoms with E-state index in [0.29, 0.717) is 18.7 Å². The summed E-state index contributed by atoms with van der Waals surface area (Å²) in [6.45, 7) is 7.95. The van der Waals surface area contributed by atoms with Crippen LogP contribution in [0.3, 0.4) is 0 Å². The van der Waals surface area contributed by atoms with E-state index in [1.807, 2.05) is 88.4 Å². The molecule has 1 unspecified atom stereocenters. The number of aryl methyl sites for hydroxylation is 1. The molecule has 1 N–H and O–H groups in total. The standard InChI is InChI=1S/C27H31BrN2O3/c1-5-23(27(32)29-18(2)3)30(16-21-12-7-6-10-19(21)4)25(31)17-33-24-15-14-20-11-8-9-13-22(20)26(24)28/h6-15,18,23H,5,16-17H2,1-4H3,(H,29,32). The zero-order valence-corrected chi connectivity index (χ0v) is 21.2. The Bertz CT molecular complexity index is 1130. The number of halogens is 1. The van der Waals surface area contributed by atoms with Crippen molar-refractivity contribution in [3.63, 3.8) is 0 Å². The highest BCUT2D eigenvalue weighted by atomic mass is 79.9. The lowest BCUT2D eigenvalue weighted by Crippen LogP contribution is -2.51. The molecule has 174 valence electrons. The molecule has 0 aliphatic carbocycles. The van der Waals surface area contributed by atoms with Gasteiger partial charge < -0.3 is 15.0 Å². The van der Waals surface area contributed by atoms with E-state index in [0.717, 1.165) is 26.4 Å². The molecule has 0 fully saturated rings. The highest BCUT2D eigenvalue weighted by Crippen LogP contribution is 2.33. The van der Waals surface area contributed by atoms with Crippen LogP contribution in [-0.4, -0.2) is 35.4 Å². The number of nitrogens with one attached hydrogen (secondary N) is 1. The van der Waals surface area contributed by atoms with Gasteiger partial charge in [0.1, 0.15) is 11.8 Å². The van der Waals surface area contributed by atoms with E-state index in [9.17, 15) is 9.59 Å². The minimum absolute atomic E-state index is 0.00762. The van der Waals surface area contributed by atoms with E-state index >= 15 is 0 Å². The Morgan fingerprint density at radius 3 is 2.42 bits per heavy atom. The highest BCUT2D eigenvalue weighted by molar-refractivity contribution is 9.10. The van der Waals surface area contributed by atoms with Gasteiger partial charge in [-0.2, -0.15) is 0 Å². The SMILES string of the molecule is CCC(C(=O)NC(C)C)N(Cc1ccccc1C)C(=O)COc1ccc2ccccc2c1Br. The maximum Gasteiger partial charge on any atom is 0.261 e. The number of amides is 2. The topological polar surface area (TPSA) is 58.6 Å². The quantitative estimate of drug-likeness (QED) is 0.406. The fourth-order valence-corrected chi connectivity index (χ4v) is 4.43. The van der Waals surface area contributed by atoms with Gasteiger partial charge in [-0.3, -0.25) is 9.59 Å². The van der Waals surface area contributed by atoms with Crippen molar-refractivity contribution in [2.24, 2.45) is 0 Å². The molecule has 0 aliphatic heterocycles. The number of fused-ring (bicyclic) bond motifs is 1. The molecule has 0 aliphatic rings. The average molecular weight is 511 g/mol. The van der Waals surface area contributed by atoms with Crippen molar-refractivity contribution in [1.29, 1.82) is 0 Å². The predicted molar refractivity (Wildman–Crippen MR) is 136 cm³/mol. The molecule has 0 bridgehead atoms. The molecule has 0 spiro atoms. The molecule has 5 nitrogen and oxygen atoms in total. The van der Waals surface area contributed by atoms with Crippen molar-refractivity contribution in [2.45, 2.75) is 52.7 Å². The largest absolute Gasteiger partial charge is 0.483 e. The Morgan fingerprint density at radius 1 is 1.03 bits per heavy atom. The molecule has 3 aromatic rings. The van der Waals surface area contributed by atoms with E-state index in [-0.39, 0.29) is 24.5 Å². The summed E-state index contributed by atoms with van der Waals surface area (Å²) < 4.78 is 6.75. The molecule has 0 aromatic heterocycles. The van der Waals surface area contributed by atoms with Crippen molar-refractivity contribution < 1.29 is 14.3 Å². The molecule has 2 amide bonds. The van der Waals surface area contributed by atoms with Crippen LogP contribution in [0.25, 0.3) is 10.8 Å². The van der Waals surface area contributed by atoms with Crippen LogP contribution in [0.1, 0.15) is 38.3 Å². The second kappa shape index (κ2) is 11.3. The van der Waals surface area contributed by atoms with E-state index in [4.69, 9.17) is 4.74 Å². The van der Waals surface area contributed by atoms with Gasteiger partial charge in [-0.05, 0) is 71.1 Å². The van der Waals surface area contributed by atoms with Crippen LogP contribution < -0.4 is 10.1 Å². The predicted octanol–water partition coefficient (Wildman–Crippen LogP) is 5.62. The second-order valence-electron chi connectivity index (χ2n) is 8.42. The third kappa shape index (κ3) is 6.14. The van der Waals surface area contributed by atoms with E-state index < -0.39 is 6.04 Å². The molecule has 33 heavy (non-hydrogen) atoms. The fourth-order valence-electron chi connectivity index (χ4n) is 3.82. The Hall–Kier alpha value is -2.86. The van der Waals surface area contributed by atoms with Gasteiger partial charge in [-0.15, -0.1) is 0 Å². The van der Waals surface area contributed by atoms with Crippen molar-refractivity contribution in [3.8, 4) is 5.75 Å². The summed E-state index contributed by atoms with van der Waals surface area (Å²) in [5.41, 5.74) is 2.08. The summed E-state index contributed by atoms with van der Waals surface area (Å²) in [4.78, 5) is 28.0. The van der Waals surface area contributed by atoms with Crippen LogP contribution in [0, 0.1) is 6.92 Å². The van der Waals surface area contributed by atoms with Crippen molar-refractivity contribution in [3.05, 3.63) is 76.3 Å². The van der Waals surface area contributed by atoms with Crippen LogP contribution in [0.2, 0.25) is 0 Å². The summed E-state index contributed by atoms with van der Waals surface area (Å²) in [5, 5.41) is 5.05. The maximum absolute atomic E-state index is 13.4. The highest BCUT2D eigenvalue weighted by Gasteiger charge is 2.29. The number of carbonyl (C=O) groups is 2. The Labute approximate surface area is 204 Å². The fraction of sp³-hybridized carbons (Fsp3) is 0.333. The first kappa shape index (κ1) is 24.8. The molecule has 0 saturated heterocycles. The number of hydrogen-bond donors (Lipinski definition) is 1. The van der Waals surface area contributed by atoms with Gasteiger partial charge in [-0.25, -0.2) is 0 Å². The monoisotopic (exact) mass is 510 g/mol. The lowest BCUT2D eigenvalue weighted by atomic mass is 10.1. The van der Waals surface area contributed by atoms with Crippen LogP contribution in [-0.2, 0) is 16.1 Å². The van der Waals surface area contributed by atoms with Gasteiger partial charge >= 0.3 is 0 Å². The third-order valence-electron chi connectivity index (χ3n) is 5.60. The molecule has 0 saturated carbocycles. The summed E-state index contributed by atoms with van der Waals surface area (Å²) in [7, 11) is 0. The van der Waals surface area contributed by atoms with Crippen LogP contribution >= 0.6 is 15.9 Å². The molecule has 6 heteroatoms. The number of rotatable bonds is 9. The Balaban J connectivity index is 1.84. The Kier molecular flexibility index (Phi) is 8.50. The first-order chi connectivity index (χ1) is 15.8. The molecule has 0 radical (unpaired) electrons. The van der Waals surface area contributed by atoms with Gasteiger partial charge in [0.2, 0.25) is 5.91 Å². The molecule has 3 aromatic carbocycles. The molecule has 3 rings (SSSR count). The third-order valence-corrected chi connectivity index (χ3v) is 6.42. The number of hydrogen-bond acceptors (Lipinski definition) is 3. The summed E-state index contributed by atoms with van der Waals surface area (Å²) >= 11 is 3.61.